The van der Waals surface area contributed by atoms with Crippen molar-refractivity contribution in [1.29, 1.82) is 0 Å². The van der Waals surface area contributed by atoms with Crippen LogP contribution in [-0.2, 0) is 22.4 Å². The fraction of sp³-hybridized carbons (Fsp3) is 0. The second-order valence-corrected chi connectivity index (χ2v) is 10.3. The number of hydrogen-bond donors (Lipinski definition) is 2. The summed E-state index contributed by atoms with van der Waals surface area (Å²) in [7, 11) is 0. The van der Waals surface area contributed by atoms with Gasteiger partial charge in [-0.25, -0.2) is 29.9 Å². The standard InChI is InChI=1S/C32H17ClN8.Au/c33-23-15-7-14-22-24(23)32-40-30-21-13-6-5-12-20(21)28(38-30)36-26-17-9-2-1-8-16(17)25(34-26)35-27-18-10-3-4-11-19(18)29(37-27)39-31(22)41-32;/h1-15H,(H2,34,35,36,37,38,39,40,41);. The Morgan fingerprint density at radius 1 is 0.405 bits per heavy atom. The van der Waals surface area contributed by atoms with Crippen LogP contribution in [0.4, 0.5) is 0 Å². The fourth-order valence-corrected chi connectivity index (χ4v) is 5.91. The molecule has 8 bridgehead atoms. The van der Waals surface area contributed by atoms with Gasteiger partial charge in [0.15, 0.2) is 23.3 Å². The average Bonchev–Trinajstić information content (AvgIpc) is 3.73. The minimum atomic E-state index is 0. The van der Waals surface area contributed by atoms with Gasteiger partial charge in [0.25, 0.3) is 0 Å². The second-order valence-electron chi connectivity index (χ2n) is 9.91. The van der Waals surface area contributed by atoms with E-state index in [0.29, 0.717) is 50.9 Å². The molecule has 0 spiro atoms. The first-order valence-electron chi connectivity index (χ1n) is 13.1. The first-order valence-corrected chi connectivity index (χ1v) is 13.5. The Morgan fingerprint density at radius 2 is 0.786 bits per heavy atom. The van der Waals surface area contributed by atoms with Gasteiger partial charge in [0.2, 0.25) is 0 Å². The molecule has 0 amide bonds. The maximum atomic E-state index is 6.73. The summed E-state index contributed by atoms with van der Waals surface area (Å²) >= 11 is 6.73. The van der Waals surface area contributed by atoms with Crippen molar-refractivity contribution in [2.75, 3.05) is 0 Å². The third kappa shape index (κ3) is 3.67. The van der Waals surface area contributed by atoms with E-state index in [1.54, 1.807) is 0 Å². The third-order valence-electron chi connectivity index (χ3n) is 7.53. The number of H-pyrrole nitrogens is 2. The Hall–Kier alpha value is -4.73. The summed E-state index contributed by atoms with van der Waals surface area (Å²) in [6.07, 6.45) is 0. The van der Waals surface area contributed by atoms with Crippen LogP contribution in [0.15, 0.2) is 91.0 Å². The summed E-state index contributed by atoms with van der Waals surface area (Å²) in [5.74, 6) is 2.24. The van der Waals surface area contributed by atoms with Crippen LogP contribution >= 0.6 is 11.6 Å². The Labute approximate surface area is 258 Å². The Bertz CT molecular complexity index is 2410. The summed E-state index contributed by atoms with van der Waals surface area (Å²) in [5.41, 5.74) is 6.09. The van der Waals surface area contributed by atoms with Gasteiger partial charge < -0.3 is 9.97 Å². The number of benzene rings is 4. The Balaban J connectivity index is 0.00000267. The molecule has 0 aliphatic carbocycles. The van der Waals surface area contributed by atoms with Crippen molar-refractivity contribution >= 4 is 55.7 Å². The molecule has 10 heteroatoms. The van der Waals surface area contributed by atoms with Gasteiger partial charge in [-0.3, -0.25) is 0 Å². The molecule has 0 fully saturated rings. The van der Waals surface area contributed by atoms with Crippen molar-refractivity contribution in [3.63, 3.8) is 0 Å². The van der Waals surface area contributed by atoms with Crippen LogP contribution in [0.3, 0.4) is 0 Å². The number of nitrogens with one attached hydrogen (secondary N) is 2. The second kappa shape index (κ2) is 9.40. The van der Waals surface area contributed by atoms with Gasteiger partial charge in [0, 0.05) is 66.2 Å². The zero-order valence-corrected chi connectivity index (χ0v) is 24.4. The smallest absolute Gasteiger partial charge is 0.164 e. The number of aromatic nitrogens is 8. The van der Waals surface area contributed by atoms with Crippen molar-refractivity contribution in [2.24, 2.45) is 0 Å². The molecular formula is C32H17AuClN8. The first kappa shape index (κ1) is 25.0. The molecular weight excluding hydrogens is 729 g/mol. The summed E-state index contributed by atoms with van der Waals surface area (Å²) in [4.78, 5) is 36.6. The van der Waals surface area contributed by atoms with E-state index >= 15 is 0 Å². The molecule has 3 aromatic heterocycles. The summed E-state index contributed by atoms with van der Waals surface area (Å²) in [6.45, 7) is 0. The number of halogens is 1. The molecule has 0 unspecified atom stereocenters. The molecule has 42 heavy (non-hydrogen) atoms. The van der Waals surface area contributed by atoms with Gasteiger partial charge in [0.05, 0.1) is 5.02 Å². The topological polar surface area (TPSA) is 109 Å². The zero-order valence-electron chi connectivity index (χ0n) is 21.5. The van der Waals surface area contributed by atoms with Gasteiger partial charge in [0.1, 0.15) is 22.6 Å². The number of nitrogens with zero attached hydrogens (tertiary/aromatic N) is 6. The molecule has 0 saturated carbocycles. The first-order chi connectivity index (χ1) is 20.2. The maximum Gasteiger partial charge on any atom is 0.164 e. The van der Waals surface area contributed by atoms with Crippen LogP contribution in [0.1, 0.15) is 0 Å². The van der Waals surface area contributed by atoms with Crippen LogP contribution in [0.25, 0.3) is 89.7 Å². The molecule has 2 aliphatic heterocycles. The zero-order chi connectivity index (χ0) is 27.1. The van der Waals surface area contributed by atoms with Crippen molar-refractivity contribution in [3.8, 4) is 45.6 Å². The number of fused-ring (bicyclic) bond motifs is 20. The van der Waals surface area contributed by atoms with Gasteiger partial charge >= 0.3 is 0 Å². The van der Waals surface area contributed by atoms with Crippen LogP contribution in [-0.4, -0.2) is 39.9 Å². The molecule has 5 heterocycles. The largest absolute Gasteiger partial charge is 0.324 e. The van der Waals surface area contributed by atoms with Gasteiger partial charge in [-0.15, -0.1) is 0 Å². The molecule has 1 radical (unpaired) electrons. The number of rotatable bonds is 0. The predicted octanol–water partition coefficient (Wildman–Crippen LogP) is 7.52. The Kier molecular flexibility index (Phi) is 5.60. The van der Waals surface area contributed by atoms with Crippen LogP contribution in [0, 0.1) is 0 Å². The van der Waals surface area contributed by atoms with Gasteiger partial charge in [-0.2, -0.15) is 0 Å². The van der Waals surface area contributed by atoms with Crippen molar-refractivity contribution in [3.05, 3.63) is 96.0 Å². The maximum absolute atomic E-state index is 6.73. The number of aromatic amines is 2. The molecule has 2 N–H and O–H groups in total. The van der Waals surface area contributed by atoms with E-state index in [9.17, 15) is 0 Å². The predicted molar refractivity (Wildman–Crippen MR) is 161 cm³/mol. The number of hydrogen-bond acceptors (Lipinski definition) is 6. The third-order valence-corrected chi connectivity index (χ3v) is 7.84. The van der Waals surface area contributed by atoms with Gasteiger partial charge in [-0.1, -0.05) is 96.5 Å². The van der Waals surface area contributed by atoms with E-state index < -0.39 is 0 Å². The quantitative estimate of drug-likeness (QED) is 0.156. The molecule has 9 rings (SSSR count). The summed E-state index contributed by atoms with van der Waals surface area (Å²) < 4.78 is 0. The molecule has 0 atom stereocenters. The molecule has 0 saturated heterocycles. The molecule has 7 aromatic rings. The van der Waals surface area contributed by atoms with E-state index in [0.717, 1.165) is 43.8 Å². The molecule has 8 nitrogen and oxygen atoms in total. The van der Waals surface area contributed by atoms with E-state index in [2.05, 4.69) is 9.97 Å². The average molecular weight is 746 g/mol. The minimum Gasteiger partial charge on any atom is -0.324 e. The Morgan fingerprint density at radius 3 is 1.29 bits per heavy atom. The van der Waals surface area contributed by atoms with E-state index in [1.807, 2.05) is 91.0 Å². The van der Waals surface area contributed by atoms with Crippen LogP contribution < -0.4 is 0 Å². The minimum absolute atomic E-state index is 0. The molecule has 4 aromatic carbocycles. The van der Waals surface area contributed by atoms with Crippen molar-refractivity contribution in [2.45, 2.75) is 0 Å². The monoisotopic (exact) mass is 745 g/mol. The van der Waals surface area contributed by atoms with Crippen molar-refractivity contribution < 1.29 is 22.4 Å². The van der Waals surface area contributed by atoms with Crippen LogP contribution in [0.5, 0.6) is 0 Å². The fourth-order valence-electron chi connectivity index (χ4n) is 5.65. The van der Waals surface area contributed by atoms with E-state index in [-0.39, 0.29) is 22.4 Å². The summed E-state index contributed by atoms with van der Waals surface area (Å²) in [6, 6.07) is 29.7. The van der Waals surface area contributed by atoms with E-state index in [1.165, 1.54) is 0 Å². The van der Waals surface area contributed by atoms with E-state index in [4.69, 9.17) is 41.5 Å². The van der Waals surface area contributed by atoms with Gasteiger partial charge in [-0.05, 0) is 6.07 Å². The SMILES string of the molecule is Clc1cccc2c3nc4nc(nc5[nH]c(nc6nc(nc([nH]3)c12)-c1ccccc1-6)c1ccccc51)-c1ccccc1-4.[Au]. The molecule has 203 valence electrons. The van der Waals surface area contributed by atoms with Crippen LogP contribution in [0.2, 0.25) is 5.02 Å². The normalized spacial score (nSPS) is 11.7. The summed E-state index contributed by atoms with van der Waals surface area (Å²) in [5, 5.41) is 4.05. The van der Waals surface area contributed by atoms with Crippen molar-refractivity contribution in [1.82, 2.24) is 39.9 Å². The molecule has 2 aliphatic rings.